The molecule has 1 aliphatic carbocycles. The fraction of sp³-hybridized carbons (Fsp3) is 0.500. The van der Waals surface area contributed by atoms with Crippen LogP contribution in [-0.2, 0) is 13.0 Å². The molecule has 1 saturated carbocycles. The maximum Gasteiger partial charge on any atom is 0.125 e. The zero-order valence-electron chi connectivity index (χ0n) is 10.4. The number of nitrogens with zero attached hydrogens (tertiary/aromatic N) is 2. The number of alkyl halides is 1. The van der Waals surface area contributed by atoms with Gasteiger partial charge in [-0.05, 0) is 36.5 Å². The molecule has 1 aromatic carbocycles. The molecule has 0 unspecified atom stereocenters. The molecule has 0 amide bonds. The molecule has 2 aromatic rings. The minimum absolute atomic E-state index is 0.206. The average molecular weight is 267 g/mol. The minimum Gasteiger partial charge on any atom is -0.327 e. The zero-order valence-corrected chi connectivity index (χ0v) is 11.2. The molecule has 96 valence electrons. The lowest BCUT2D eigenvalue weighted by Crippen LogP contribution is -2.11. The molecule has 0 radical (unpaired) electrons. The van der Waals surface area contributed by atoms with Crippen molar-refractivity contribution in [3.05, 3.63) is 29.8 Å². The number of imidazole rings is 1. The Morgan fingerprint density at radius 2 is 2.22 bits per heavy atom. The van der Waals surface area contributed by atoms with Crippen LogP contribution >= 0.6 is 11.6 Å². The van der Waals surface area contributed by atoms with Gasteiger partial charge in [0.05, 0.1) is 11.0 Å². The van der Waals surface area contributed by atoms with Crippen molar-refractivity contribution in [1.82, 2.24) is 9.55 Å². The normalized spacial score (nSPS) is 17.3. The summed E-state index contributed by atoms with van der Waals surface area (Å²) in [6.07, 6.45) is 3.21. The summed E-state index contributed by atoms with van der Waals surface area (Å²) in [5.74, 6) is 1.31. The first-order valence-corrected chi connectivity index (χ1v) is 6.85. The molecule has 4 heteroatoms. The zero-order chi connectivity index (χ0) is 12.8. The van der Waals surface area contributed by atoms with Gasteiger partial charge in [-0.25, -0.2) is 9.37 Å². The van der Waals surface area contributed by atoms with Crippen LogP contribution in [0.2, 0.25) is 0 Å². The van der Waals surface area contributed by atoms with Crippen LogP contribution in [0.15, 0.2) is 18.2 Å². The summed E-state index contributed by atoms with van der Waals surface area (Å²) >= 11 is 5.83. The maximum atomic E-state index is 13.4. The molecular formula is C14H16ClFN2. The van der Waals surface area contributed by atoms with Crippen molar-refractivity contribution in [2.45, 2.75) is 32.7 Å². The van der Waals surface area contributed by atoms with Crippen LogP contribution < -0.4 is 0 Å². The average Bonchev–Trinajstić information content (AvgIpc) is 2.97. The molecule has 0 aliphatic heterocycles. The van der Waals surface area contributed by atoms with Gasteiger partial charge in [0, 0.05) is 18.8 Å². The van der Waals surface area contributed by atoms with Gasteiger partial charge in [0.2, 0.25) is 0 Å². The maximum absolute atomic E-state index is 13.4. The van der Waals surface area contributed by atoms with E-state index in [0.29, 0.717) is 11.3 Å². The van der Waals surface area contributed by atoms with E-state index in [0.717, 1.165) is 29.8 Å². The molecule has 18 heavy (non-hydrogen) atoms. The van der Waals surface area contributed by atoms with E-state index >= 15 is 0 Å². The van der Waals surface area contributed by atoms with Crippen molar-refractivity contribution in [2.24, 2.45) is 5.41 Å². The van der Waals surface area contributed by atoms with Crippen molar-refractivity contribution in [3.8, 4) is 0 Å². The van der Waals surface area contributed by atoms with E-state index in [4.69, 9.17) is 11.6 Å². The van der Waals surface area contributed by atoms with Crippen LogP contribution in [-0.4, -0.2) is 15.4 Å². The molecule has 1 aromatic heterocycles. The number of aromatic nitrogens is 2. The van der Waals surface area contributed by atoms with Gasteiger partial charge < -0.3 is 4.57 Å². The topological polar surface area (TPSA) is 17.8 Å². The summed E-state index contributed by atoms with van der Waals surface area (Å²) < 4.78 is 15.5. The molecule has 1 aliphatic rings. The van der Waals surface area contributed by atoms with Crippen LogP contribution in [0, 0.1) is 11.2 Å². The second-order valence-corrected chi connectivity index (χ2v) is 5.87. The van der Waals surface area contributed by atoms with E-state index in [2.05, 4.69) is 16.5 Å². The third-order valence-corrected chi connectivity index (χ3v) is 3.94. The molecule has 0 saturated heterocycles. The Labute approximate surface area is 111 Å². The van der Waals surface area contributed by atoms with E-state index in [1.54, 1.807) is 12.1 Å². The predicted molar refractivity (Wildman–Crippen MR) is 71.5 cm³/mol. The lowest BCUT2D eigenvalue weighted by atomic mass is 10.1. The third kappa shape index (κ3) is 2.12. The summed E-state index contributed by atoms with van der Waals surface area (Å²) in [7, 11) is 0. The Kier molecular flexibility index (Phi) is 2.81. The monoisotopic (exact) mass is 266 g/mol. The van der Waals surface area contributed by atoms with Gasteiger partial charge >= 0.3 is 0 Å². The largest absolute Gasteiger partial charge is 0.327 e. The van der Waals surface area contributed by atoms with Crippen LogP contribution in [0.4, 0.5) is 4.39 Å². The number of aryl methyl sites for hydroxylation is 1. The predicted octanol–water partition coefficient (Wildman–Crippen LogP) is 3.76. The summed E-state index contributed by atoms with van der Waals surface area (Å²) in [6, 6.07) is 4.78. The first-order chi connectivity index (χ1) is 8.61. The Morgan fingerprint density at radius 3 is 2.89 bits per heavy atom. The lowest BCUT2D eigenvalue weighted by Gasteiger charge is -2.13. The number of hydrogen-bond acceptors (Lipinski definition) is 1. The van der Waals surface area contributed by atoms with Gasteiger partial charge in [-0.2, -0.15) is 0 Å². The van der Waals surface area contributed by atoms with Crippen LogP contribution in [0.25, 0.3) is 11.0 Å². The van der Waals surface area contributed by atoms with Gasteiger partial charge in [0.25, 0.3) is 0 Å². The molecule has 1 fully saturated rings. The van der Waals surface area contributed by atoms with Crippen molar-refractivity contribution >= 4 is 22.6 Å². The van der Waals surface area contributed by atoms with Crippen molar-refractivity contribution in [2.75, 3.05) is 5.88 Å². The fourth-order valence-corrected chi connectivity index (χ4v) is 2.52. The smallest absolute Gasteiger partial charge is 0.125 e. The van der Waals surface area contributed by atoms with Crippen LogP contribution in [0.5, 0.6) is 0 Å². The third-order valence-electron chi connectivity index (χ3n) is 3.75. The SMILES string of the molecule is CC1(Cn2c(CCCl)nc3ccc(F)cc32)CC1. The van der Waals surface area contributed by atoms with Crippen LogP contribution in [0.1, 0.15) is 25.6 Å². The van der Waals surface area contributed by atoms with Gasteiger partial charge in [-0.1, -0.05) is 6.92 Å². The summed E-state index contributed by atoms with van der Waals surface area (Å²) in [5, 5.41) is 0. The highest BCUT2D eigenvalue weighted by Crippen LogP contribution is 2.47. The van der Waals surface area contributed by atoms with Gasteiger partial charge in [-0.3, -0.25) is 0 Å². The highest BCUT2D eigenvalue weighted by atomic mass is 35.5. The minimum atomic E-state index is -0.206. The van der Waals surface area contributed by atoms with E-state index in [1.165, 1.54) is 18.9 Å². The molecule has 0 bridgehead atoms. The molecule has 2 nitrogen and oxygen atoms in total. The number of fused-ring (bicyclic) bond motifs is 1. The van der Waals surface area contributed by atoms with Gasteiger partial charge in [0.1, 0.15) is 11.6 Å². The highest BCUT2D eigenvalue weighted by molar-refractivity contribution is 6.17. The Morgan fingerprint density at radius 1 is 1.44 bits per heavy atom. The first kappa shape index (κ1) is 12.0. The molecule has 0 N–H and O–H groups in total. The summed E-state index contributed by atoms with van der Waals surface area (Å²) in [6.45, 7) is 3.18. The molecular weight excluding hydrogens is 251 g/mol. The van der Waals surface area contributed by atoms with E-state index in [-0.39, 0.29) is 5.82 Å². The Hall–Kier alpha value is -1.09. The number of rotatable bonds is 4. The fourth-order valence-electron chi connectivity index (χ4n) is 2.35. The summed E-state index contributed by atoms with van der Waals surface area (Å²) in [4.78, 5) is 4.57. The Bertz CT molecular complexity index is 587. The van der Waals surface area contributed by atoms with E-state index < -0.39 is 0 Å². The Balaban J connectivity index is 2.10. The van der Waals surface area contributed by atoms with Gasteiger partial charge in [0.15, 0.2) is 0 Å². The number of hydrogen-bond donors (Lipinski definition) is 0. The van der Waals surface area contributed by atoms with E-state index in [9.17, 15) is 4.39 Å². The molecule has 3 rings (SSSR count). The second kappa shape index (κ2) is 4.23. The molecule has 0 spiro atoms. The quantitative estimate of drug-likeness (QED) is 0.771. The second-order valence-electron chi connectivity index (χ2n) is 5.50. The van der Waals surface area contributed by atoms with Crippen molar-refractivity contribution in [1.29, 1.82) is 0 Å². The lowest BCUT2D eigenvalue weighted by molar-refractivity contribution is 0.462. The molecule has 1 heterocycles. The molecule has 0 atom stereocenters. The van der Waals surface area contributed by atoms with Crippen LogP contribution in [0.3, 0.4) is 0 Å². The van der Waals surface area contributed by atoms with Crippen molar-refractivity contribution < 1.29 is 4.39 Å². The number of benzene rings is 1. The standard InChI is InChI=1S/C14H16ClFN2/c1-14(5-6-14)9-18-12-8-10(16)2-3-11(12)17-13(18)4-7-15/h2-3,8H,4-7,9H2,1H3. The van der Waals surface area contributed by atoms with E-state index in [1.807, 2.05) is 0 Å². The number of halogens is 2. The van der Waals surface area contributed by atoms with Gasteiger partial charge in [-0.15, -0.1) is 11.6 Å². The van der Waals surface area contributed by atoms with Crippen molar-refractivity contribution in [3.63, 3.8) is 0 Å². The summed E-state index contributed by atoms with van der Waals surface area (Å²) in [5.41, 5.74) is 2.12. The highest BCUT2D eigenvalue weighted by Gasteiger charge is 2.38. The first-order valence-electron chi connectivity index (χ1n) is 6.32.